The molecule has 3 nitrogen and oxygen atoms in total. The molecule has 0 radical (unpaired) electrons. The molecule has 0 heterocycles. The Balaban J connectivity index is 2.61. The maximum Gasteiger partial charge on any atom is 0.389 e. The number of hydrogen-bond acceptors (Lipinski definition) is 2. The molecule has 0 amide bonds. The summed E-state index contributed by atoms with van der Waals surface area (Å²) >= 11 is 6.06. The van der Waals surface area contributed by atoms with Gasteiger partial charge in [0.2, 0.25) is 0 Å². The van der Waals surface area contributed by atoms with E-state index in [1.54, 1.807) is 32.9 Å². The number of alkyl halides is 3. The predicted octanol–water partition coefficient (Wildman–Crippen LogP) is 4.94. The van der Waals surface area contributed by atoms with Gasteiger partial charge in [-0.25, -0.2) is 4.21 Å². The predicted molar refractivity (Wildman–Crippen MR) is 87.7 cm³/mol. The van der Waals surface area contributed by atoms with Crippen LogP contribution in [0, 0.1) is 0 Å². The highest BCUT2D eigenvalue weighted by Crippen LogP contribution is 2.24. The van der Waals surface area contributed by atoms with E-state index in [-0.39, 0.29) is 13.0 Å². The van der Waals surface area contributed by atoms with Gasteiger partial charge in [0.15, 0.2) is 0 Å². The molecule has 1 aromatic rings. The van der Waals surface area contributed by atoms with E-state index in [1.165, 1.54) is 12.3 Å². The molecule has 0 bridgehead atoms. The molecule has 0 aliphatic heterocycles. The van der Waals surface area contributed by atoms with E-state index in [4.69, 9.17) is 16.3 Å². The molecule has 23 heavy (non-hydrogen) atoms. The minimum absolute atomic E-state index is 0.0443. The smallest absolute Gasteiger partial charge is 0.389 e. The van der Waals surface area contributed by atoms with Crippen molar-refractivity contribution in [2.75, 3.05) is 6.61 Å². The van der Waals surface area contributed by atoms with Crippen LogP contribution in [-0.4, -0.2) is 28.0 Å². The lowest BCUT2D eigenvalue weighted by Gasteiger charge is -2.13. The molecule has 8 heteroatoms. The first-order valence-corrected chi connectivity index (χ1v) is 8.43. The molecule has 1 aromatic carbocycles. The van der Waals surface area contributed by atoms with Crippen LogP contribution in [0.15, 0.2) is 22.6 Å². The molecule has 0 aliphatic carbocycles. The summed E-state index contributed by atoms with van der Waals surface area (Å²) in [6.07, 6.45) is -3.76. The number of benzene rings is 1. The SMILES string of the molecule is CC(C)(C)[S@@](=O)/N=C/c1ccc(OCCCC(F)(F)F)cc1Cl. The van der Waals surface area contributed by atoms with E-state index in [0.29, 0.717) is 16.3 Å². The highest BCUT2D eigenvalue weighted by atomic mass is 35.5. The Kier molecular flexibility index (Phi) is 7.07. The molecule has 0 fully saturated rings. The molecule has 130 valence electrons. The first-order chi connectivity index (χ1) is 10.5. The van der Waals surface area contributed by atoms with E-state index in [9.17, 15) is 17.4 Å². The number of halogens is 4. The lowest BCUT2D eigenvalue weighted by atomic mass is 10.2. The van der Waals surface area contributed by atoms with Gasteiger partial charge in [0.05, 0.1) is 16.4 Å². The first-order valence-electron chi connectivity index (χ1n) is 6.94. The average Bonchev–Trinajstić information content (AvgIpc) is 2.40. The minimum atomic E-state index is -4.18. The normalized spacial score (nSPS) is 14.2. The zero-order chi connectivity index (χ0) is 17.7. The van der Waals surface area contributed by atoms with Gasteiger partial charge in [0, 0.05) is 18.2 Å². The molecule has 1 rings (SSSR count). The summed E-state index contributed by atoms with van der Waals surface area (Å²) in [5, 5.41) is 0.327. The Morgan fingerprint density at radius 2 is 1.96 bits per heavy atom. The Labute approximate surface area is 141 Å². The van der Waals surface area contributed by atoms with Crippen LogP contribution in [0.5, 0.6) is 5.75 Å². The van der Waals surface area contributed by atoms with Crippen LogP contribution in [0.25, 0.3) is 0 Å². The van der Waals surface area contributed by atoms with E-state index >= 15 is 0 Å². The van der Waals surface area contributed by atoms with Crippen molar-refractivity contribution in [1.82, 2.24) is 0 Å². The van der Waals surface area contributed by atoms with Crippen molar-refractivity contribution in [2.45, 2.75) is 44.5 Å². The summed E-state index contributed by atoms with van der Waals surface area (Å²) < 4.78 is 56.6. The summed E-state index contributed by atoms with van der Waals surface area (Å²) in [6.45, 7) is 5.37. The fourth-order valence-electron chi connectivity index (χ4n) is 1.43. The Morgan fingerprint density at radius 3 is 2.48 bits per heavy atom. The van der Waals surface area contributed by atoms with Crippen LogP contribution < -0.4 is 4.74 Å². The van der Waals surface area contributed by atoms with Crippen molar-refractivity contribution >= 4 is 28.8 Å². The maximum atomic E-state index is 12.0. The second-order valence-corrected chi connectivity index (χ2v) is 8.19. The van der Waals surface area contributed by atoms with Gasteiger partial charge < -0.3 is 4.74 Å². The highest BCUT2D eigenvalue weighted by molar-refractivity contribution is 7.85. The van der Waals surface area contributed by atoms with Gasteiger partial charge in [-0.3, -0.25) is 0 Å². The summed E-state index contributed by atoms with van der Waals surface area (Å²) in [5.74, 6) is 0.381. The Bertz CT molecular complexity index is 583. The minimum Gasteiger partial charge on any atom is -0.494 e. The summed E-state index contributed by atoms with van der Waals surface area (Å²) in [6, 6.07) is 4.70. The third-order valence-electron chi connectivity index (χ3n) is 2.66. The van der Waals surface area contributed by atoms with Crippen molar-refractivity contribution < 1.29 is 22.1 Å². The fraction of sp³-hybridized carbons (Fsp3) is 0.533. The van der Waals surface area contributed by atoms with Crippen molar-refractivity contribution in [3.05, 3.63) is 28.8 Å². The van der Waals surface area contributed by atoms with E-state index in [2.05, 4.69) is 4.40 Å². The van der Waals surface area contributed by atoms with Gasteiger partial charge in [-0.05, 0) is 45.4 Å². The van der Waals surface area contributed by atoms with Crippen LogP contribution in [-0.2, 0) is 11.0 Å². The zero-order valence-electron chi connectivity index (χ0n) is 13.1. The second-order valence-electron chi connectivity index (χ2n) is 5.85. The van der Waals surface area contributed by atoms with Crippen LogP contribution in [0.3, 0.4) is 0 Å². The highest BCUT2D eigenvalue weighted by Gasteiger charge is 2.26. The lowest BCUT2D eigenvalue weighted by molar-refractivity contribution is -0.136. The summed E-state index contributed by atoms with van der Waals surface area (Å²) in [5.41, 5.74) is 0.562. The second kappa shape index (κ2) is 8.15. The van der Waals surface area contributed by atoms with Crippen LogP contribution in [0.1, 0.15) is 39.2 Å². The van der Waals surface area contributed by atoms with Gasteiger partial charge in [-0.2, -0.15) is 17.6 Å². The molecule has 0 unspecified atom stereocenters. The topological polar surface area (TPSA) is 38.7 Å². The summed E-state index contributed by atoms with van der Waals surface area (Å²) in [4.78, 5) is 0. The van der Waals surface area contributed by atoms with Gasteiger partial charge in [0.25, 0.3) is 0 Å². The third kappa shape index (κ3) is 7.83. The van der Waals surface area contributed by atoms with Gasteiger partial charge >= 0.3 is 6.18 Å². The van der Waals surface area contributed by atoms with Crippen LogP contribution in [0.2, 0.25) is 5.02 Å². The zero-order valence-corrected chi connectivity index (χ0v) is 14.7. The molecule has 0 N–H and O–H groups in total. The molecule has 1 atom stereocenters. The van der Waals surface area contributed by atoms with Crippen molar-refractivity contribution in [3.8, 4) is 5.75 Å². The van der Waals surface area contributed by atoms with Crippen molar-refractivity contribution in [2.24, 2.45) is 4.40 Å². The number of hydrogen-bond donors (Lipinski definition) is 0. The van der Waals surface area contributed by atoms with Gasteiger partial charge in [-0.1, -0.05) is 11.6 Å². The quantitative estimate of drug-likeness (QED) is 0.526. The maximum absolute atomic E-state index is 12.0. The molecule has 0 saturated carbocycles. The van der Waals surface area contributed by atoms with Crippen molar-refractivity contribution in [1.29, 1.82) is 0 Å². The standard InChI is InChI=1S/C15H19ClF3NO2S/c1-14(2,3)23(21)20-10-11-5-6-12(9-13(11)16)22-8-4-7-15(17,18)19/h5-6,9-10H,4,7-8H2,1-3H3/b20-10+/t23-/m1/s1. The first kappa shape index (κ1) is 20.0. The monoisotopic (exact) mass is 369 g/mol. The number of nitrogens with zero attached hydrogens (tertiary/aromatic N) is 1. The molecule has 0 aliphatic rings. The van der Waals surface area contributed by atoms with Crippen LogP contribution >= 0.6 is 11.6 Å². The Hall–Kier alpha value is -1.08. The van der Waals surface area contributed by atoms with Crippen LogP contribution in [0.4, 0.5) is 13.2 Å². The molecular weight excluding hydrogens is 351 g/mol. The van der Waals surface area contributed by atoms with Crippen molar-refractivity contribution in [3.63, 3.8) is 0 Å². The van der Waals surface area contributed by atoms with E-state index < -0.39 is 28.3 Å². The van der Waals surface area contributed by atoms with E-state index in [0.717, 1.165) is 0 Å². The summed E-state index contributed by atoms with van der Waals surface area (Å²) in [7, 11) is -1.39. The van der Waals surface area contributed by atoms with E-state index in [1.807, 2.05) is 0 Å². The van der Waals surface area contributed by atoms with Gasteiger partial charge in [-0.15, -0.1) is 0 Å². The van der Waals surface area contributed by atoms with Gasteiger partial charge in [0.1, 0.15) is 16.7 Å². The Morgan fingerprint density at radius 1 is 1.30 bits per heavy atom. The molecule has 0 spiro atoms. The molecular formula is C15H19ClF3NO2S. The fourth-order valence-corrected chi connectivity index (χ4v) is 2.17. The lowest BCUT2D eigenvalue weighted by Crippen LogP contribution is -2.19. The number of rotatable bonds is 6. The third-order valence-corrected chi connectivity index (χ3v) is 4.33. The largest absolute Gasteiger partial charge is 0.494 e. The molecule has 0 saturated heterocycles. The average molecular weight is 370 g/mol. The number of ether oxygens (including phenoxy) is 1. The molecule has 0 aromatic heterocycles.